The molecule has 0 saturated heterocycles. The zero-order valence-electron chi connectivity index (χ0n) is 9.65. The Morgan fingerprint density at radius 1 is 1.44 bits per heavy atom. The van der Waals surface area contributed by atoms with Crippen molar-refractivity contribution in [3.63, 3.8) is 0 Å². The molecule has 0 bridgehead atoms. The highest BCUT2D eigenvalue weighted by Crippen LogP contribution is 2.62. The third-order valence-corrected chi connectivity index (χ3v) is 3.68. The molecule has 2 heteroatoms. The normalized spacial score (nSPS) is 27.7. The van der Waals surface area contributed by atoms with Crippen molar-refractivity contribution in [1.82, 2.24) is 0 Å². The number of carboxylic acids is 1. The Bertz CT molecular complexity index is 372. The Balaban J connectivity index is 2.13. The van der Waals surface area contributed by atoms with Gasteiger partial charge in [0.1, 0.15) is 0 Å². The third kappa shape index (κ3) is 1.84. The molecule has 2 rings (SSSR count). The molecule has 1 aliphatic rings. The molecule has 0 aromatic heterocycles. The van der Waals surface area contributed by atoms with E-state index in [2.05, 4.69) is 6.92 Å². The van der Waals surface area contributed by atoms with Gasteiger partial charge in [0.25, 0.3) is 0 Å². The van der Waals surface area contributed by atoms with E-state index in [0.717, 1.165) is 25.7 Å². The first-order valence-electron chi connectivity index (χ1n) is 5.99. The van der Waals surface area contributed by atoms with Crippen LogP contribution in [0.25, 0.3) is 0 Å². The molecule has 86 valence electrons. The quantitative estimate of drug-likeness (QED) is 0.822. The predicted molar refractivity (Wildman–Crippen MR) is 63.4 cm³/mol. The third-order valence-electron chi connectivity index (χ3n) is 3.68. The van der Waals surface area contributed by atoms with E-state index < -0.39 is 11.4 Å². The van der Waals surface area contributed by atoms with Crippen LogP contribution < -0.4 is 0 Å². The van der Waals surface area contributed by atoms with Crippen LogP contribution in [0.2, 0.25) is 0 Å². The largest absolute Gasteiger partial charge is 0.481 e. The first-order valence-corrected chi connectivity index (χ1v) is 5.99. The number of benzene rings is 1. The summed E-state index contributed by atoms with van der Waals surface area (Å²) in [4.78, 5) is 11.4. The molecule has 2 unspecified atom stereocenters. The molecule has 2 nitrogen and oxygen atoms in total. The lowest BCUT2D eigenvalue weighted by Crippen LogP contribution is -2.17. The highest BCUT2D eigenvalue weighted by Gasteiger charge is 2.59. The summed E-state index contributed by atoms with van der Waals surface area (Å²) in [5.41, 5.74) is 0.721. The number of hydrogen-bond donors (Lipinski definition) is 1. The molecule has 1 aromatic rings. The number of carboxylic acid groups (broad SMARTS) is 1. The van der Waals surface area contributed by atoms with Crippen LogP contribution in [0.5, 0.6) is 0 Å². The van der Waals surface area contributed by atoms with Crippen LogP contribution in [-0.2, 0) is 4.79 Å². The highest BCUT2D eigenvalue weighted by atomic mass is 16.4. The maximum absolute atomic E-state index is 11.4. The first-order chi connectivity index (χ1) is 7.70. The van der Waals surface area contributed by atoms with Crippen LogP contribution in [0.15, 0.2) is 30.3 Å². The molecule has 0 spiro atoms. The summed E-state index contributed by atoms with van der Waals surface area (Å²) < 4.78 is 0. The number of hydrogen-bond acceptors (Lipinski definition) is 1. The second kappa shape index (κ2) is 4.28. The molecule has 1 aromatic carbocycles. The van der Waals surface area contributed by atoms with E-state index in [1.807, 2.05) is 30.3 Å². The molecule has 1 saturated carbocycles. The lowest BCUT2D eigenvalue weighted by atomic mass is 9.93. The van der Waals surface area contributed by atoms with E-state index in [4.69, 9.17) is 0 Å². The Hall–Kier alpha value is -1.31. The lowest BCUT2D eigenvalue weighted by Gasteiger charge is -2.11. The van der Waals surface area contributed by atoms with Crippen molar-refractivity contribution < 1.29 is 9.90 Å². The van der Waals surface area contributed by atoms with Crippen molar-refractivity contribution in [3.8, 4) is 0 Å². The smallest absolute Gasteiger partial charge is 0.310 e. The van der Waals surface area contributed by atoms with Gasteiger partial charge < -0.3 is 5.11 Å². The second-order valence-electron chi connectivity index (χ2n) is 4.73. The van der Waals surface area contributed by atoms with Crippen LogP contribution in [0, 0.1) is 5.41 Å². The van der Waals surface area contributed by atoms with Crippen LogP contribution in [-0.4, -0.2) is 11.1 Å². The molecule has 1 fully saturated rings. The molecular formula is C14H18O2. The first kappa shape index (κ1) is 11.2. The van der Waals surface area contributed by atoms with Gasteiger partial charge in [-0.3, -0.25) is 4.79 Å². The van der Waals surface area contributed by atoms with Crippen molar-refractivity contribution in [3.05, 3.63) is 35.9 Å². The number of unbranched alkanes of at least 4 members (excludes halogenated alkanes) is 1. The maximum atomic E-state index is 11.4. The van der Waals surface area contributed by atoms with Gasteiger partial charge in [0.15, 0.2) is 0 Å². The summed E-state index contributed by atoms with van der Waals surface area (Å²) in [6.07, 6.45) is 3.71. The molecule has 0 aliphatic heterocycles. The summed E-state index contributed by atoms with van der Waals surface area (Å²) in [7, 11) is 0. The van der Waals surface area contributed by atoms with E-state index >= 15 is 0 Å². The molecule has 0 heterocycles. The van der Waals surface area contributed by atoms with Crippen molar-refractivity contribution in [2.24, 2.45) is 5.41 Å². The molecule has 1 N–H and O–H groups in total. The zero-order chi connectivity index (χ0) is 11.6. The maximum Gasteiger partial charge on any atom is 0.310 e. The van der Waals surface area contributed by atoms with Gasteiger partial charge in [-0.2, -0.15) is 0 Å². The van der Waals surface area contributed by atoms with E-state index in [9.17, 15) is 9.90 Å². The van der Waals surface area contributed by atoms with Gasteiger partial charge >= 0.3 is 5.97 Å². The average molecular weight is 218 g/mol. The summed E-state index contributed by atoms with van der Waals surface area (Å²) >= 11 is 0. The Labute approximate surface area is 96.3 Å². The molecule has 0 amide bonds. The van der Waals surface area contributed by atoms with Gasteiger partial charge in [0.2, 0.25) is 0 Å². The van der Waals surface area contributed by atoms with Gasteiger partial charge in [-0.1, -0.05) is 50.1 Å². The van der Waals surface area contributed by atoms with Crippen molar-refractivity contribution in [1.29, 1.82) is 0 Å². The zero-order valence-corrected chi connectivity index (χ0v) is 9.65. The average Bonchev–Trinajstić information content (AvgIpc) is 3.04. The molecule has 2 atom stereocenters. The van der Waals surface area contributed by atoms with Crippen molar-refractivity contribution in [2.75, 3.05) is 0 Å². The van der Waals surface area contributed by atoms with Crippen LogP contribution in [0.3, 0.4) is 0 Å². The summed E-state index contributed by atoms with van der Waals surface area (Å²) in [6.45, 7) is 2.11. The highest BCUT2D eigenvalue weighted by molar-refractivity contribution is 5.80. The van der Waals surface area contributed by atoms with E-state index in [1.165, 1.54) is 5.56 Å². The van der Waals surface area contributed by atoms with Gasteiger partial charge in [0.05, 0.1) is 5.41 Å². The lowest BCUT2D eigenvalue weighted by molar-refractivity contribution is -0.143. The molecule has 16 heavy (non-hydrogen) atoms. The standard InChI is InChI=1S/C14H18O2/c1-2-3-9-14(13(15)16)10-12(14)11-7-5-4-6-8-11/h4-8,12H,2-3,9-10H2,1H3,(H,15,16). The Morgan fingerprint density at radius 3 is 2.69 bits per heavy atom. The van der Waals surface area contributed by atoms with E-state index in [1.54, 1.807) is 0 Å². The SMILES string of the molecule is CCCCC1(C(=O)O)CC1c1ccccc1. The fraction of sp³-hybridized carbons (Fsp3) is 0.500. The van der Waals surface area contributed by atoms with Gasteiger partial charge in [0, 0.05) is 5.92 Å². The van der Waals surface area contributed by atoms with Crippen molar-refractivity contribution in [2.45, 2.75) is 38.5 Å². The fourth-order valence-corrected chi connectivity index (χ4v) is 2.54. The van der Waals surface area contributed by atoms with Gasteiger partial charge in [-0.15, -0.1) is 0 Å². The Kier molecular flexibility index (Phi) is 2.99. The molecule has 1 aliphatic carbocycles. The number of aliphatic carboxylic acids is 1. The second-order valence-corrected chi connectivity index (χ2v) is 4.73. The predicted octanol–water partition coefficient (Wildman–Crippen LogP) is 3.44. The molecule has 0 radical (unpaired) electrons. The minimum absolute atomic E-state index is 0.234. The summed E-state index contributed by atoms with van der Waals surface area (Å²) in [5.74, 6) is -0.382. The summed E-state index contributed by atoms with van der Waals surface area (Å²) in [5, 5.41) is 9.36. The van der Waals surface area contributed by atoms with Crippen LogP contribution >= 0.6 is 0 Å². The van der Waals surface area contributed by atoms with E-state index in [0.29, 0.717) is 0 Å². The number of rotatable bonds is 5. The van der Waals surface area contributed by atoms with Gasteiger partial charge in [-0.25, -0.2) is 0 Å². The van der Waals surface area contributed by atoms with Crippen molar-refractivity contribution >= 4 is 5.97 Å². The van der Waals surface area contributed by atoms with Crippen LogP contribution in [0.1, 0.15) is 44.1 Å². The molecular weight excluding hydrogens is 200 g/mol. The summed E-state index contributed by atoms with van der Waals surface area (Å²) in [6, 6.07) is 10.0. The van der Waals surface area contributed by atoms with E-state index in [-0.39, 0.29) is 5.92 Å². The topological polar surface area (TPSA) is 37.3 Å². The van der Waals surface area contributed by atoms with Crippen LogP contribution in [0.4, 0.5) is 0 Å². The Morgan fingerprint density at radius 2 is 2.12 bits per heavy atom. The fourth-order valence-electron chi connectivity index (χ4n) is 2.54. The monoisotopic (exact) mass is 218 g/mol. The minimum atomic E-state index is -0.616. The number of carbonyl (C=O) groups is 1. The minimum Gasteiger partial charge on any atom is -0.481 e. The van der Waals surface area contributed by atoms with Gasteiger partial charge in [-0.05, 0) is 18.4 Å².